The van der Waals surface area contributed by atoms with E-state index in [0.29, 0.717) is 6.54 Å². The molecule has 72 valence electrons. The van der Waals surface area contributed by atoms with Gasteiger partial charge in [0.2, 0.25) is 0 Å². The zero-order valence-electron chi connectivity index (χ0n) is 7.80. The van der Waals surface area contributed by atoms with Crippen molar-refractivity contribution in [2.75, 3.05) is 6.54 Å². The molecule has 0 radical (unpaired) electrons. The van der Waals surface area contributed by atoms with Crippen molar-refractivity contribution in [1.29, 1.82) is 0 Å². The van der Waals surface area contributed by atoms with Gasteiger partial charge in [0.05, 0.1) is 18.1 Å². The van der Waals surface area contributed by atoms with Gasteiger partial charge in [-0.2, -0.15) is 15.0 Å². The van der Waals surface area contributed by atoms with Gasteiger partial charge >= 0.3 is 0 Å². The minimum absolute atomic E-state index is 0.680. The lowest BCUT2D eigenvalue weighted by Gasteiger charge is -2.01. The maximum absolute atomic E-state index is 5.46. The minimum atomic E-state index is 0.680. The van der Waals surface area contributed by atoms with E-state index >= 15 is 0 Å². The molecule has 14 heavy (non-hydrogen) atoms. The van der Waals surface area contributed by atoms with E-state index in [1.54, 1.807) is 17.2 Å². The van der Waals surface area contributed by atoms with Crippen molar-refractivity contribution >= 4 is 0 Å². The molecule has 0 aliphatic carbocycles. The van der Waals surface area contributed by atoms with Crippen LogP contribution in [0.1, 0.15) is 5.56 Å². The summed E-state index contributed by atoms with van der Waals surface area (Å²) in [7, 11) is 0. The fraction of sp³-hybridized carbons (Fsp3) is 0.200. The highest BCUT2D eigenvalue weighted by molar-refractivity contribution is 5.32. The van der Waals surface area contributed by atoms with E-state index in [1.807, 2.05) is 24.3 Å². The number of rotatable bonds is 3. The van der Waals surface area contributed by atoms with E-state index in [1.165, 1.54) is 5.56 Å². The summed E-state index contributed by atoms with van der Waals surface area (Å²) in [4.78, 5) is 1.59. The van der Waals surface area contributed by atoms with Gasteiger partial charge in [0.1, 0.15) is 0 Å². The number of nitrogens with zero attached hydrogens (tertiary/aromatic N) is 3. The Kier molecular flexibility index (Phi) is 2.55. The highest BCUT2D eigenvalue weighted by atomic mass is 15.5. The second kappa shape index (κ2) is 4.02. The summed E-state index contributed by atoms with van der Waals surface area (Å²) >= 11 is 0. The molecule has 4 heteroatoms. The molecule has 0 saturated carbocycles. The number of aromatic nitrogens is 3. The van der Waals surface area contributed by atoms with Gasteiger partial charge in [-0.1, -0.05) is 12.1 Å². The summed E-state index contributed by atoms with van der Waals surface area (Å²) in [6.07, 6.45) is 4.23. The zero-order valence-corrected chi connectivity index (χ0v) is 7.80. The second-order valence-electron chi connectivity index (χ2n) is 3.02. The van der Waals surface area contributed by atoms with Crippen LogP contribution < -0.4 is 5.73 Å². The van der Waals surface area contributed by atoms with Gasteiger partial charge in [0.15, 0.2) is 0 Å². The average Bonchev–Trinajstić information content (AvgIpc) is 2.72. The number of nitrogens with two attached hydrogens (primary N) is 1. The molecule has 0 atom stereocenters. The topological polar surface area (TPSA) is 56.7 Å². The maximum Gasteiger partial charge on any atom is 0.0856 e. The van der Waals surface area contributed by atoms with E-state index in [2.05, 4.69) is 10.2 Å². The first kappa shape index (κ1) is 8.90. The van der Waals surface area contributed by atoms with Crippen LogP contribution in [0, 0.1) is 0 Å². The molecule has 0 amide bonds. The van der Waals surface area contributed by atoms with E-state index in [9.17, 15) is 0 Å². The van der Waals surface area contributed by atoms with Crippen molar-refractivity contribution < 1.29 is 0 Å². The van der Waals surface area contributed by atoms with Crippen LogP contribution in [0.25, 0.3) is 5.69 Å². The van der Waals surface area contributed by atoms with Gasteiger partial charge in [0, 0.05) is 0 Å². The number of hydrogen-bond donors (Lipinski definition) is 1. The summed E-state index contributed by atoms with van der Waals surface area (Å²) in [6, 6.07) is 8.08. The fourth-order valence-electron chi connectivity index (χ4n) is 1.31. The predicted octanol–water partition coefficient (Wildman–Crippen LogP) is 0.768. The van der Waals surface area contributed by atoms with Crippen LogP contribution in [0.2, 0.25) is 0 Å². The standard InChI is InChI=1S/C10H12N4/c11-6-5-9-1-3-10(4-2-9)14-12-7-8-13-14/h1-4,7-8H,5-6,11H2. The number of hydrogen-bond acceptors (Lipinski definition) is 3. The van der Waals surface area contributed by atoms with Gasteiger partial charge in [0.25, 0.3) is 0 Å². The van der Waals surface area contributed by atoms with Crippen LogP contribution in [0.3, 0.4) is 0 Å². The van der Waals surface area contributed by atoms with Crippen molar-refractivity contribution in [2.24, 2.45) is 5.73 Å². The molecule has 1 aromatic carbocycles. The molecule has 4 nitrogen and oxygen atoms in total. The average molecular weight is 188 g/mol. The Bertz CT molecular complexity index is 377. The summed E-state index contributed by atoms with van der Waals surface area (Å²) < 4.78 is 0. The lowest BCUT2D eigenvalue weighted by molar-refractivity contribution is 0.751. The van der Waals surface area contributed by atoms with E-state index in [-0.39, 0.29) is 0 Å². The van der Waals surface area contributed by atoms with Crippen LogP contribution in [0.15, 0.2) is 36.7 Å². The monoisotopic (exact) mass is 188 g/mol. The summed E-state index contributed by atoms with van der Waals surface area (Å²) in [5.41, 5.74) is 7.67. The highest BCUT2D eigenvalue weighted by Crippen LogP contribution is 2.07. The quantitative estimate of drug-likeness (QED) is 0.774. The molecule has 0 unspecified atom stereocenters. The van der Waals surface area contributed by atoms with Gasteiger partial charge in [-0.05, 0) is 30.7 Å². The Morgan fingerprint density at radius 2 is 1.71 bits per heavy atom. The molecule has 1 heterocycles. The van der Waals surface area contributed by atoms with Crippen LogP contribution in [0.5, 0.6) is 0 Å². The van der Waals surface area contributed by atoms with E-state index in [4.69, 9.17) is 5.73 Å². The van der Waals surface area contributed by atoms with Crippen molar-refractivity contribution in [3.05, 3.63) is 42.2 Å². The lowest BCUT2D eigenvalue weighted by atomic mass is 10.1. The summed E-state index contributed by atoms with van der Waals surface area (Å²) in [5.74, 6) is 0. The largest absolute Gasteiger partial charge is 0.330 e. The molecular weight excluding hydrogens is 176 g/mol. The minimum Gasteiger partial charge on any atom is -0.330 e. The number of benzene rings is 1. The first-order valence-electron chi connectivity index (χ1n) is 4.56. The molecule has 2 rings (SSSR count). The molecule has 0 aliphatic rings. The first-order chi connectivity index (χ1) is 6.90. The molecule has 0 saturated heterocycles. The first-order valence-corrected chi connectivity index (χ1v) is 4.56. The highest BCUT2D eigenvalue weighted by Gasteiger charge is 1.96. The molecule has 0 aliphatic heterocycles. The second-order valence-corrected chi connectivity index (χ2v) is 3.02. The van der Waals surface area contributed by atoms with Crippen LogP contribution in [0.4, 0.5) is 0 Å². The summed E-state index contributed by atoms with van der Waals surface area (Å²) in [6.45, 7) is 0.680. The van der Waals surface area contributed by atoms with Gasteiger partial charge in [-0.25, -0.2) is 0 Å². The molecule has 0 spiro atoms. The Morgan fingerprint density at radius 3 is 2.29 bits per heavy atom. The normalized spacial score (nSPS) is 10.4. The van der Waals surface area contributed by atoms with Crippen molar-refractivity contribution in [3.8, 4) is 5.69 Å². The third-order valence-corrected chi connectivity index (χ3v) is 2.02. The van der Waals surface area contributed by atoms with Crippen LogP contribution >= 0.6 is 0 Å². The Morgan fingerprint density at radius 1 is 1.07 bits per heavy atom. The van der Waals surface area contributed by atoms with Crippen molar-refractivity contribution in [2.45, 2.75) is 6.42 Å². The molecule has 0 bridgehead atoms. The maximum atomic E-state index is 5.46. The predicted molar refractivity (Wildman–Crippen MR) is 54.1 cm³/mol. The lowest BCUT2D eigenvalue weighted by Crippen LogP contribution is -2.03. The van der Waals surface area contributed by atoms with Crippen molar-refractivity contribution in [1.82, 2.24) is 15.0 Å². The van der Waals surface area contributed by atoms with Gasteiger partial charge in [-0.15, -0.1) is 0 Å². The Labute approximate surface area is 82.4 Å². The Hall–Kier alpha value is -1.68. The SMILES string of the molecule is NCCc1ccc(-n2nccn2)cc1. The van der Waals surface area contributed by atoms with E-state index < -0.39 is 0 Å². The molecule has 0 fully saturated rings. The Balaban J connectivity index is 2.22. The summed E-state index contributed by atoms with van der Waals surface area (Å²) in [5, 5.41) is 8.09. The molecule has 1 aromatic heterocycles. The van der Waals surface area contributed by atoms with Gasteiger partial charge in [-0.3, -0.25) is 0 Å². The van der Waals surface area contributed by atoms with E-state index in [0.717, 1.165) is 12.1 Å². The van der Waals surface area contributed by atoms with Crippen LogP contribution in [-0.4, -0.2) is 21.5 Å². The smallest absolute Gasteiger partial charge is 0.0856 e. The van der Waals surface area contributed by atoms with Gasteiger partial charge < -0.3 is 5.73 Å². The molecular formula is C10H12N4. The fourth-order valence-corrected chi connectivity index (χ4v) is 1.31. The third kappa shape index (κ3) is 1.80. The third-order valence-electron chi connectivity index (χ3n) is 2.02. The van der Waals surface area contributed by atoms with Crippen LogP contribution in [-0.2, 0) is 6.42 Å². The molecule has 2 aromatic rings. The van der Waals surface area contributed by atoms with Crippen molar-refractivity contribution in [3.63, 3.8) is 0 Å². The zero-order chi connectivity index (χ0) is 9.80. The molecule has 2 N–H and O–H groups in total.